The van der Waals surface area contributed by atoms with E-state index in [9.17, 15) is 51.5 Å². The minimum Gasteiger partial charge on any atom is -3.00 e. The third-order valence-corrected chi connectivity index (χ3v) is 7.43. The average Bonchev–Trinajstić information content (AvgIpc) is 3.08. The van der Waals surface area contributed by atoms with Crippen LogP contribution in [-0.4, -0.2) is 0 Å². The smallest absolute Gasteiger partial charge is 0.195 e. The Kier molecular flexibility index (Phi) is 15.7. The van der Waals surface area contributed by atoms with Gasteiger partial charge >= 0.3 is 33.0 Å². The van der Waals surface area contributed by atoms with Gasteiger partial charge in [-0.2, -0.15) is 0 Å². The van der Waals surface area contributed by atoms with E-state index in [0.29, 0.717) is 11.4 Å². The largest absolute Gasteiger partial charge is 3.00 e. The van der Waals surface area contributed by atoms with Crippen LogP contribution in [0.2, 0.25) is 0 Å². The van der Waals surface area contributed by atoms with Crippen molar-refractivity contribution in [1.29, 1.82) is 0 Å². The first-order valence-electron chi connectivity index (χ1n) is 16.7. The summed E-state index contributed by atoms with van der Waals surface area (Å²) in [6.07, 6.45) is 6.22. The molecular formula is C40H38F12IrN4P-2. The van der Waals surface area contributed by atoms with Crippen molar-refractivity contribution in [2.45, 2.75) is 52.4 Å². The molecule has 0 aliphatic carbocycles. The van der Waals surface area contributed by atoms with Crippen LogP contribution in [0, 0.1) is 47.0 Å². The first kappa shape index (κ1) is 49.4. The monoisotopic (exact) mass is 1030 g/mol. The van der Waals surface area contributed by atoms with Gasteiger partial charge in [-0.15, -0.1) is 24.3 Å². The summed E-state index contributed by atoms with van der Waals surface area (Å²) in [5, 5.41) is 0. The quantitative estimate of drug-likeness (QED) is 0.0964. The Morgan fingerprint density at radius 1 is 0.448 bits per heavy atom. The summed E-state index contributed by atoms with van der Waals surface area (Å²) in [7, 11) is -10.7. The zero-order valence-electron chi connectivity index (χ0n) is 31.6. The van der Waals surface area contributed by atoms with Gasteiger partial charge < -0.3 is 20.1 Å². The molecule has 0 aliphatic heterocycles. The van der Waals surface area contributed by atoms with E-state index < -0.39 is 42.7 Å². The predicted molar refractivity (Wildman–Crippen MR) is 190 cm³/mol. The van der Waals surface area contributed by atoms with E-state index >= 15 is 0 Å². The topological polar surface area (TPSA) is 56.6 Å². The second-order valence-corrected chi connectivity index (χ2v) is 16.3. The number of rotatable bonds is 3. The molecule has 4 N–H and O–H groups in total. The minimum atomic E-state index is -10.7. The Morgan fingerprint density at radius 2 is 0.776 bits per heavy atom. The minimum absolute atomic E-state index is 0. The molecule has 4 aromatic heterocycles. The molecule has 2 aromatic carbocycles. The zero-order chi connectivity index (χ0) is 43.0. The molecule has 18 heteroatoms. The molecule has 0 radical (unpaired) electrons. The molecule has 0 saturated carbocycles. The Morgan fingerprint density at radius 3 is 1.03 bits per heavy atom. The van der Waals surface area contributed by atoms with E-state index in [1.54, 1.807) is 0 Å². The molecule has 0 aliphatic rings. The fraction of sp³-hybridized carbons (Fsp3) is 0.200. The maximum atomic E-state index is 13.3. The molecule has 0 amide bonds. The van der Waals surface area contributed by atoms with Gasteiger partial charge in [0.1, 0.15) is 11.4 Å². The molecule has 0 spiro atoms. The number of H-pyrrole nitrogens is 4. The van der Waals surface area contributed by atoms with Gasteiger partial charge in [-0.3, -0.25) is 17.6 Å². The number of pyridine rings is 4. The molecular weight excluding hydrogens is 988 g/mol. The van der Waals surface area contributed by atoms with Gasteiger partial charge in [-0.1, -0.05) is 53.7 Å². The summed E-state index contributed by atoms with van der Waals surface area (Å²) in [4.78, 5) is 11.8. The number of aromatic amines is 4. The third-order valence-electron chi connectivity index (χ3n) is 7.43. The van der Waals surface area contributed by atoms with Gasteiger partial charge in [-0.05, 0) is 57.3 Å². The predicted octanol–water partition coefficient (Wildman–Crippen LogP) is 11.7. The Balaban J connectivity index is 0.000000278. The number of aromatic nitrogens is 4. The normalized spacial score (nSPS) is 12.4. The van der Waals surface area contributed by atoms with E-state index in [1.807, 2.05) is 12.4 Å². The van der Waals surface area contributed by atoms with Gasteiger partial charge in [0.25, 0.3) is 11.4 Å². The van der Waals surface area contributed by atoms with Crippen molar-refractivity contribution in [3.63, 3.8) is 0 Å². The van der Waals surface area contributed by atoms with Crippen molar-refractivity contribution in [2.75, 3.05) is 0 Å². The molecule has 0 saturated heterocycles. The van der Waals surface area contributed by atoms with E-state index in [2.05, 4.69) is 97.9 Å². The van der Waals surface area contributed by atoms with Crippen molar-refractivity contribution < 1.29 is 91.6 Å². The van der Waals surface area contributed by atoms with Crippen LogP contribution in [0.4, 0.5) is 51.5 Å². The molecule has 0 atom stereocenters. The summed E-state index contributed by atoms with van der Waals surface area (Å²) in [5.74, 6) is -3.78. The standard InChI is InChI=1S/C18H24N2.2C11H5F3N.F6P.Ir/c1-17(2,3)13-7-9-19-15(11-13)16-12-14(8-10-20-16)18(4,5)6;2*12-7-1-3-9(10(14)5-7)11-4-2-8(13)6-15-11;1-7(2,3,4,5)6;/h7-12H,1-6H3;2*1-2,4-6H;;/q;3*-1;-3/p+4. The molecule has 0 bridgehead atoms. The van der Waals surface area contributed by atoms with Crippen LogP contribution in [0.3, 0.4) is 0 Å². The van der Waals surface area contributed by atoms with E-state index in [0.717, 1.165) is 48.0 Å². The average molecular weight is 1030 g/mol. The maximum Gasteiger partial charge on any atom is 0.195 e. The van der Waals surface area contributed by atoms with Crippen molar-refractivity contribution in [1.82, 2.24) is 0 Å². The third kappa shape index (κ3) is 17.8. The Labute approximate surface area is 340 Å². The van der Waals surface area contributed by atoms with Gasteiger partial charge in [0, 0.05) is 47.5 Å². The van der Waals surface area contributed by atoms with Crippen LogP contribution >= 0.6 is 7.81 Å². The number of nitrogens with one attached hydrogen (secondary N) is 4. The molecule has 4 nitrogen and oxygen atoms in total. The molecule has 0 unspecified atom stereocenters. The van der Waals surface area contributed by atoms with Gasteiger partial charge in [0.05, 0.1) is 0 Å². The van der Waals surface area contributed by atoms with Crippen LogP contribution in [0.15, 0.2) is 97.6 Å². The van der Waals surface area contributed by atoms with E-state index in [4.69, 9.17) is 0 Å². The second kappa shape index (κ2) is 18.5. The molecule has 0 fully saturated rings. The molecule has 6 rings (SSSR count). The molecule has 4 heterocycles. The van der Waals surface area contributed by atoms with Crippen molar-refractivity contribution in [3.05, 3.63) is 156 Å². The van der Waals surface area contributed by atoms with E-state index in [-0.39, 0.29) is 42.1 Å². The number of hydrogen-bond acceptors (Lipinski definition) is 0. The van der Waals surface area contributed by atoms with Gasteiger partial charge in [-0.25, -0.2) is 28.7 Å². The first-order chi connectivity index (χ1) is 26.0. The maximum absolute atomic E-state index is 13.3. The second-order valence-electron chi connectivity index (χ2n) is 14.4. The van der Waals surface area contributed by atoms with Crippen LogP contribution in [0.5, 0.6) is 0 Å². The van der Waals surface area contributed by atoms with Crippen LogP contribution in [-0.2, 0) is 30.9 Å². The Bertz CT molecular complexity index is 2120. The summed E-state index contributed by atoms with van der Waals surface area (Å²) in [5.41, 5.74) is 6.08. The summed E-state index contributed by atoms with van der Waals surface area (Å²) in [6, 6.07) is 22.3. The van der Waals surface area contributed by atoms with Gasteiger partial charge in [0.2, 0.25) is 0 Å². The number of benzene rings is 2. The summed E-state index contributed by atoms with van der Waals surface area (Å²) >= 11 is 0. The van der Waals surface area contributed by atoms with E-state index in [1.165, 1.54) is 35.4 Å². The SMILES string of the molecule is CC(C)(C)c1cc[nH+]c(-c2cc(C(C)(C)C)cc[nH+]2)c1.F[P-](F)(F)(F)(F)F.Fc1ccc(-c2[c-]cc(F)cc2F)[nH+]c1.Fc1ccc(-c2[c-]cc(F)cc2F)[nH+]c1.[Ir-3]. The van der Waals surface area contributed by atoms with Crippen molar-refractivity contribution in [3.8, 4) is 33.9 Å². The fourth-order valence-corrected chi connectivity index (χ4v) is 4.60. The first-order valence-corrected chi connectivity index (χ1v) is 18.7. The van der Waals surface area contributed by atoms with Crippen LogP contribution < -0.4 is 19.9 Å². The van der Waals surface area contributed by atoms with Crippen molar-refractivity contribution in [2.24, 2.45) is 0 Å². The molecule has 318 valence electrons. The fourth-order valence-electron chi connectivity index (χ4n) is 4.60. The Hall–Kier alpha value is -4.72. The summed E-state index contributed by atoms with van der Waals surface area (Å²) < 4.78 is 136. The van der Waals surface area contributed by atoms with Crippen molar-refractivity contribution >= 4 is 7.81 Å². The zero-order valence-corrected chi connectivity index (χ0v) is 34.8. The summed E-state index contributed by atoms with van der Waals surface area (Å²) in [6.45, 7) is 13.4. The molecule has 6 aromatic rings. The molecule has 58 heavy (non-hydrogen) atoms. The number of hydrogen-bond donors (Lipinski definition) is 0. The van der Waals surface area contributed by atoms with Crippen LogP contribution in [0.1, 0.15) is 52.7 Å². The van der Waals surface area contributed by atoms with Crippen LogP contribution in [0.25, 0.3) is 33.9 Å². The number of halogens is 12. The van der Waals surface area contributed by atoms with Gasteiger partial charge in [0.15, 0.2) is 36.4 Å².